The van der Waals surface area contributed by atoms with Gasteiger partial charge in [-0.15, -0.1) is 0 Å². The van der Waals surface area contributed by atoms with E-state index in [1.807, 2.05) is 6.29 Å². The molecule has 0 unspecified atom stereocenters. The van der Waals surface area contributed by atoms with Crippen molar-refractivity contribution in [1.29, 1.82) is 0 Å². The molecule has 1 nitrogen and oxygen atoms in total. The first kappa shape index (κ1) is 16.4. The Morgan fingerprint density at radius 3 is 1.88 bits per heavy atom. The van der Waals surface area contributed by atoms with Crippen LogP contribution in [0.3, 0.4) is 0 Å². The summed E-state index contributed by atoms with van der Waals surface area (Å²) in [5.74, 6) is 0. The van der Waals surface area contributed by atoms with Gasteiger partial charge >= 0.3 is 0 Å². The van der Waals surface area contributed by atoms with Gasteiger partial charge in [-0.3, -0.25) is 4.79 Å². The number of carbonyl (C=O) groups excluding carboxylic acids is 1. The summed E-state index contributed by atoms with van der Waals surface area (Å²) in [6.45, 7) is 2.25. The molecule has 0 rings (SSSR count). The SMILES string of the molecule is CCCCCCC=CCCCCCCC[C]=O. The number of hydrogen-bond acceptors (Lipinski definition) is 1. The summed E-state index contributed by atoms with van der Waals surface area (Å²) in [6.07, 6.45) is 21.3. The first-order valence-corrected chi connectivity index (χ1v) is 7.41. The molecule has 0 N–H and O–H groups in total. The first-order chi connectivity index (χ1) is 8.41. The summed E-state index contributed by atoms with van der Waals surface area (Å²) in [5, 5.41) is 0. The smallest absolute Gasteiger partial charge is 0.198 e. The topological polar surface area (TPSA) is 17.1 Å². The maximum Gasteiger partial charge on any atom is 0.198 e. The number of allylic oxidation sites excluding steroid dienone is 2. The lowest BCUT2D eigenvalue weighted by molar-refractivity contribution is 0.542. The van der Waals surface area contributed by atoms with E-state index < -0.39 is 0 Å². The van der Waals surface area contributed by atoms with Crippen molar-refractivity contribution in [1.82, 2.24) is 0 Å². The van der Waals surface area contributed by atoms with Crippen LogP contribution in [-0.4, -0.2) is 6.29 Å². The quantitative estimate of drug-likeness (QED) is 0.311. The van der Waals surface area contributed by atoms with Crippen molar-refractivity contribution in [2.75, 3.05) is 0 Å². The van der Waals surface area contributed by atoms with Gasteiger partial charge in [0.05, 0.1) is 0 Å². The highest BCUT2D eigenvalue weighted by Crippen LogP contribution is 2.08. The average Bonchev–Trinajstić information content (AvgIpc) is 2.35. The van der Waals surface area contributed by atoms with Gasteiger partial charge in [0.25, 0.3) is 0 Å². The van der Waals surface area contributed by atoms with Crippen molar-refractivity contribution in [3.63, 3.8) is 0 Å². The average molecular weight is 237 g/mol. The van der Waals surface area contributed by atoms with Crippen LogP contribution in [0.4, 0.5) is 0 Å². The third kappa shape index (κ3) is 15.4. The molecule has 0 spiro atoms. The zero-order valence-electron chi connectivity index (χ0n) is 11.5. The zero-order valence-corrected chi connectivity index (χ0v) is 11.5. The maximum absolute atomic E-state index is 9.97. The minimum atomic E-state index is 0.623. The largest absolute Gasteiger partial charge is 0.291 e. The summed E-state index contributed by atoms with van der Waals surface area (Å²) in [5.41, 5.74) is 0. The lowest BCUT2D eigenvalue weighted by atomic mass is 10.1. The Morgan fingerprint density at radius 2 is 1.29 bits per heavy atom. The molecule has 0 amide bonds. The molecule has 0 aliphatic heterocycles. The monoisotopic (exact) mass is 237 g/mol. The molecule has 0 atom stereocenters. The van der Waals surface area contributed by atoms with E-state index in [4.69, 9.17) is 0 Å². The van der Waals surface area contributed by atoms with Gasteiger partial charge < -0.3 is 0 Å². The number of rotatable bonds is 13. The van der Waals surface area contributed by atoms with E-state index in [-0.39, 0.29) is 0 Å². The molecule has 1 heteroatoms. The maximum atomic E-state index is 9.97. The summed E-state index contributed by atoms with van der Waals surface area (Å²) in [6, 6.07) is 0. The Morgan fingerprint density at radius 1 is 0.765 bits per heavy atom. The fourth-order valence-corrected chi connectivity index (χ4v) is 1.91. The summed E-state index contributed by atoms with van der Waals surface area (Å²) in [4.78, 5) is 9.97. The Labute approximate surface area is 108 Å². The van der Waals surface area contributed by atoms with Crippen LogP contribution in [0.1, 0.15) is 84.0 Å². The van der Waals surface area contributed by atoms with Gasteiger partial charge in [0, 0.05) is 6.42 Å². The highest BCUT2D eigenvalue weighted by atomic mass is 16.1. The molecule has 0 saturated heterocycles. The zero-order chi connectivity index (χ0) is 12.6. The molecule has 0 aromatic heterocycles. The van der Waals surface area contributed by atoms with Gasteiger partial charge in [0.2, 0.25) is 0 Å². The van der Waals surface area contributed by atoms with Gasteiger partial charge in [-0.05, 0) is 32.1 Å². The third-order valence-corrected chi connectivity index (χ3v) is 3.04. The second-order valence-corrected chi connectivity index (χ2v) is 4.77. The third-order valence-electron chi connectivity index (χ3n) is 3.04. The van der Waals surface area contributed by atoms with Gasteiger partial charge in [-0.25, -0.2) is 0 Å². The molecule has 17 heavy (non-hydrogen) atoms. The highest BCUT2D eigenvalue weighted by molar-refractivity contribution is 5.50. The molecule has 99 valence electrons. The van der Waals surface area contributed by atoms with Crippen LogP contribution < -0.4 is 0 Å². The molecule has 1 radical (unpaired) electrons. The van der Waals surface area contributed by atoms with Crippen molar-refractivity contribution < 1.29 is 4.79 Å². The standard InChI is InChI=1S/C16H29O/c1-2-3-4-5-6-7-8-9-10-11-12-13-14-15-16-17/h7-8H,2-6,9-15H2,1H3. The van der Waals surface area contributed by atoms with Crippen LogP contribution in [0.2, 0.25) is 0 Å². The normalized spacial score (nSPS) is 11.1. The lowest BCUT2D eigenvalue weighted by Gasteiger charge is -1.97. The van der Waals surface area contributed by atoms with Crippen LogP contribution in [0.5, 0.6) is 0 Å². The minimum absolute atomic E-state index is 0.623. The van der Waals surface area contributed by atoms with Crippen LogP contribution >= 0.6 is 0 Å². The number of unbranched alkanes of at least 4 members (excludes halogenated alkanes) is 10. The van der Waals surface area contributed by atoms with Crippen LogP contribution in [0, 0.1) is 0 Å². The van der Waals surface area contributed by atoms with E-state index in [0.717, 1.165) is 6.42 Å². The van der Waals surface area contributed by atoms with Crippen molar-refractivity contribution in [3.8, 4) is 0 Å². The Balaban J connectivity index is 3.01. The van der Waals surface area contributed by atoms with Crippen LogP contribution in [0.15, 0.2) is 12.2 Å². The molecular formula is C16H29O. The van der Waals surface area contributed by atoms with E-state index >= 15 is 0 Å². The molecule has 0 bridgehead atoms. The molecule has 0 heterocycles. The first-order valence-electron chi connectivity index (χ1n) is 7.41. The van der Waals surface area contributed by atoms with Gasteiger partial charge in [-0.2, -0.15) is 0 Å². The van der Waals surface area contributed by atoms with Crippen molar-refractivity contribution in [3.05, 3.63) is 12.2 Å². The summed E-state index contributed by atoms with van der Waals surface area (Å²) >= 11 is 0. The molecule has 0 aromatic carbocycles. The van der Waals surface area contributed by atoms with Crippen molar-refractivity contribution in [2.24, 2.45) is 0 Å². The second kappa shape index (κ2) is 15.4. The second-order valence-electron chi connectivity index (χ2n) is 4.77. The van der Waals surface area contributed by atoms with Crippen molar-refractivity contribution in [2.45, 2.75) is 84.0 Å². The van der Waals surface area contributed by atoms with E-state index in [1.165, 1.54) is 64.2 Å². The van der Waals surface area contributed by atoms with E-state index in [2.05, 4.69) is 19.1 Å². The molecule has 0 aliphatic carbocycles. The molecule has 0 saturated carbocycles. The fourth-order valence-electron chi connectivity index (χ4n) is 1.91. The van der Waals surface area contributed by atoms with Crippen molar-refractivity contribution >= 4 is 6.29 Å². The highest BCUT2D eigenvalue weighted by Gasteiger charge is 1.90. The molecule has 0 fully saturated rings. The van der Waals surface area contributed by atoms with Crippen LogP contribution in [0.25, 0.3) is 0 Å². The summed E-state index contributed by atoms with van der Waals surface area (Å²) < 4.78 is 0. The molecule has 0 aromatic rings. The molecular weight excluding hydrogens is 208 g/mol. The van der Waals surface area contributed by atoms with Gasteiger partial charge in [0.1, 0.15) is 0 Å². The lowest BCUT2D eigenvalue weighted by Crippen LogP contribution is -1.80. The Kier molecular flexibility index (Phi) is 14.9. The van der Waals surface area contributed by atoms with Gasteiger partial charge in [0.15, 0.2) is 6.29 Å². The van der Waals surface area contributed by atoms with E-state index in [1.54, 1.807) is 0 Å². The Hall–Kier alpha value is -0.590. The molecule has 0 aliphatic rings. The van der Waals surface area contributed by atoms with Crippen LogP contribution in [-0.2, 0) is 4.79 Å². The number of hydrogen-bond donors (Lipinski definition) is 0. The van der Waals surface area contributed by atoms with E-state index in [0.29, 0.717) is 6.42 Å². The minimum Gasteiger partial charge on any atom is -0.291 e. The Bertz CT molecular complexity index is 172. The van der Waals surface area contributed by atoms with Gasteiger partial charge in [-0.1, -0.05) is 57.6 Å². The summed E-state index contributed by atoms with van der Waals surface area (Å²) in [7, 11) is 0. The predicted molar refractivity (Wildman–Crippen MR) is 75.9 cm³/mol. The van der Waals surface area contributed by atoms with E-state index in [9.17, 15) is 4.79 Å². The predicted octanol–water partition coefficient (Wildman–Crippen LogP) is 5.35. The fraction of sp³-hybridized carbons (Fsp3) is 0.812.